The van der Waals surface area contributed by atoms with Gasteiger partial charge in [-0.05, 0) is 42.1 Å². The van der Waals surface area contributed by atoms with Crippen LogP contribution >= 0.6 is 11.6 Å². The number of phenols is 1. The summed E-state index contributed by atoms with van der Waals surface area (Å²) in [6.45, 7) is 3.90. The Hall–Kier alpha value is -1.02. The summed E-state index contributed by atoms with van der Waals surface area (Å²) in [5.41, 5.74) is 1.31. The summed E-state index contributed by atoms with van der Waals surface area (Å²) >= 11 is 4.82. The molecule has 16 heavy (non-hydrogen) atoms. The molecule has 1 aromatic rings. The van der Waals surface area contributed by atoms with E-state index in [2.05, 4.69) is 6.92 Å². The maximum atomic E-state index is 9.58. The molecule has 90 valence electrons. The number of hydrogen-bond donors (Lipinski definition) is 1. The van der Waals surface area contributed by atoms with E-state index in [1.165, 1.54) is 18.4 Å². The largest absolute Gasteiger partial charge is 0.508 e. The second-order valence-corrected chi connectivity index (χ2v) is 3.90. The molecule has 0 aromatic heterocycles. The Morgan fingerprint density at radius 1 is 1.25 bits per heavy atom. The zero-order valence-corrected chi connectivity index (χ0v) is 10.6. The number of aryl methyl sites for hydroxylation is 1. The van der Waals surface area contributed by atoms with E-state index < -0.39 is 0 Å². The number of benzene rings is 1. The Balaban J connectivity index is 0.000000385. The highest BCUT2D eigenvalue weighted by molar-refractivity contribution is 6.63. The van der Waals surface area contributed by atoms with Gasteiger partial charge in [0.05, 0.1) is 0 Å². The number of unbranched alkanes of at least 4 members (excludes halogenated alkanes) is 1. The van der Waals surface area contributed by atoms with Crippen LogP contribution in [0, 0.1) is 0 Å². The third-order valence-corrected chi connectivity index (χ3v) is 2.30. The Bertz CT molecular complexity index is 293. The molecule has 0 aliphatic heterocycles. The lowest BCUT2D eigenvalue weighted by Gasteiger charge is -1.98. The van der Waals surface area contributed by atoms with Gasteiger partial charge in [0, 0.05) is 6.42 Å². The van der Waals surface area contributed by atoms with Crippen molar-refractivity contribution in [1.29, 1.82) is 0 Å². The molecule has 0 unspecified atom stereocenters. The lowest BCUT2D eigenvalue weighted by molar-refractivity contribution is -0.111. The highest BCUT2D eigenvalue weighted by Crippen LogP contribution is 2.11. The first-order chi connectivity index (χ1) is 7.60. The standard InChI is InChI=1S/C10H14O.C3H5ClO/c1-2-3-4-9-5-7-10(11)8-6-9;1-2-3(4)5/h5-8,11H,2-4H2,1H3;2H2,1H3. The van der Waals surface area contributed by atoms with Crippen LogP contribution in [0.1, 0.15) is 38.7 Å². The molecule has 3 heteroatoms. The van der Waals surface area contributed by atoms with Gasteiger partial charge in [-0.1, -0.05) is 32.4 Å². The van der Waals surface area contributed by atoms with Crippen LogP contribution in [0.15, 0.2) is 24.3 Å². The Kier molecular flexibility index (Phi) is 8.64. The van der Waals surface area contributed by atoms with E-state index in [0.717, 1.165) is 6.42 Å². The molecule has 0 aliphatic rings. The van der Waals surface area contributed by atoms with Gasteiger partial charge in [0.15, 0.2) is 0 Å². The van der Waals surface area contributed by atoms with Gasteiger partial charge in [-0.2, -0.15) is 0 Å². The minimum atomic E-state index is -0.273. The van der Waals surface area contributed by atoms with E-state index in [1.54, 1.807) is 19.1 Å². The molecule has 0 saturated heterocycles. The van der Waals surface area contributed by atoms with Crippen LogP contribution in [0.25, 0.3) is 0 Å². The minimum Gasteiger partial charge on any atom is -0.508 e. The van der Waals surface area contributed by atoms with E-state index in [0.29, 0.717) is 12.2 Å². The van der Waals surface area contributed by atoms with Crippen LogP contribution in [0.4, 0.5) is 0 Å². The van der Waals surface area contributed by atoms with E-state index in [9.17, 15) is 4.79 Å². The zero-order chi connectivity index (χ0) is 12.4. The number of aromatic hydroxyl groups is 1. The lowest BCUT2D eigenvalue weighted by Crippen LogP contribution is -1.82. The fraction of sp³-hybridized carbons (Fsp3) is 0.462. The molecular formula is C13H19ClO2. The molecule has 0 bridgehead atoms. The maximum absolute atomic E-state index is 9.58. The van der Waals surface area contributed by atoms with Crippen molar-refractivity contribution in [3.05, 3.63) is 29.8 Å². The first-order valence-electron chi connectivity index (χ1n) is 5.56. The Morgan fingerprint density at radius 3 is 2.12 bits per heavy atom. The van der Waals surface area contributed by atoms with E-state index in [-0.39, 0.29) is 5.24 Å². The van der Waals surface area contributed by atoms with Crippen LogP contribution < -0.4 is 0 Å². The smallest absolute Gasteiger partial charge is 0.221 e. The number of phenolic OH excluding ortho intramolecular Hbond substituents is 1. The van der Waals surface area contributed by atoms with Crippen molar-refractivity contribution in [2.45, 2.75) is 39.5 Å². The normalized spacial score (nSPS) is 9.19. The number of halogens is 1. The van der Waals surface area contributed by atoms with Gasteiger partial charge in [-0.3, -0.25) is 4.79 Å². The molecule has 1 rings (SSSR count). The molecular weight excluding hydrogens is 224 g/mol. The van der Waals surface area contributed by atoms with Crippen LogP contribution in [0.2, 0.25) is 0 Å². The second-order valence-electron chi connectivity index (χ2n) is 3.48. The van der Waals surface area contributed by atoms with Gasteiger partial charge < -0.3 is 5.11 Å². The molecule has 0 atom stereocenters. The molecule has 0 radical (unpaired) electrons. The van der Waals surface area contributed by atoms with Gasteiger partial charge in [0.25, 0.3) is 0 Å². The summed E-state index contributed by atoms with van der Waals surface area (Å²) in [6.07, 6.45) is 4.00. The SMILES string of the molecule is CCC(=O)Cl.CCCCc1ccc(O)cc1. The number of rotatable bonds is 4. The topological polar surface area (TPSA) is 37.3 Å². The molecule has 1 N–H and O–H groups in total. The Labute approximate surface area is 102 Å². The zero-order valence-electron chi connectivity index (χ0n) is 9.87. The Morgan fingerprint density at radius 2 is 1.75 bits per heavy atom. The van der Waals surface area contributed by atoms with Gasteiger partial charge in [-0.15, -0.1) is 0 Å². The quantitative estimate of drug-likeness (QED) is 0.814. The summed E-state index contributed by atoms with van der Waals surface area (Å²) in [5.74, 6) is 0.352. The van der Waals surface area contributed by atoms with Crippen molar-refractivity contribution in [3.8, 4) is 5.75 Å². The average Bonchev–Trinajstić information content (AvgIpc) is 2.29. The van der Waals surface area contributed by atoms with Gasteiger partial charge in [0.2, 0.25) is 5.24 Å². The van der Waals surface area contributed by atoms with Gasteiger partial charge in [0.1, 0.15) is 5.75 Å². The molecule has 1 aromatic carbocycles. The third kappa shape index (κ3) is 8.30. The fourth-order valence-electron chi connectivity index (χ4n) is 1.04. The summed E-state index contributed by atoms with van der Waals surface area (Å²) in [5, 5.41) is 8.71. The molecule has 0 aliphatic carbocycles. The fourth-order valence-corrected chi connectivity index (χ4v) is 1.04. The molecule has 0 fully saturated rings. The monoisotopic (exact) mass is 242 g/mol. The van der Waals surface area contributed by atoms with Crippen LogP contribution in [0.3, 0.4) is 0 Å². The number of carbonyl (C=O) groups is 1. The van der Waals surface area contributed by atoms with Crippen molar-refractivity contribution < 1.29 is 9.90 Å². The van der Waals surface area contributed by atoms with Crippen LogP contribution in [0.5, 0.6) is 5.75 Å². The van der Waals surface area contributed by atoms with Crippen LogP contribution in [-0.4, -0.2) is 10.3 Å². The molecule has 2 nitrogen and oxygen atoms in total. The summed E-state index contributed by atoms with van der Waals surface area (Å²) in [4.78, 5) is 9.58. The number of carbonyl (C=O) groups excluding carboxylic acids is 1. The maximum Gasteiger partial charge on any atom is 0.221 e. The lowest BCUT2D eigenvalue weighted by atomic mass is 10.1. The first kappa shape index (κ1) is 15.0. The van der Waals surface area contributed by atoms with Gasteiger partial charge >= 0.3 is 0 Å². The highest BCUT2D eigenvalue weighted by atomic mass is 35.5. The third-order valence-electron chi connectivity index (χ3n) is 2.03. The van der Waals surface area contributed by atoms with Crippen molar-refractivity contribution in [2.75, 3.05) is 0 Å². The molecule has 0 amide bonds. The van der Waals surface area contributed by atoms with E-state index in [4.69, 9.17) is 16.7 Å². The van der Waals surface area contributed by atoms with Crippen molar-refractivity contribution >= 4 is 16.8 Å². The number of hydrogen-bond acceptors (Lipinski definition) is 2. The molecule has 0 heterocycles. The average molecular weight is 243 g/mol. The van der Waals surface area contributed by atoms with E-state index >= 15 is 0 Å². The minimum absolute atomic E-state index is 0.273. The first-order valence-corrected chi connectivity index (χ1v) is 5.94. The summed E-state index contributed by atoms with van der Waals surface area (Å²) < 4.78 is 0. The summed E-state index contributed by atoms with van der Waals surface area (Å²) in [7, 11) is 0. The molecule has 0 spiro atoms. The predicted octanol–water partition coefficient (Wildman–Crippen LogP) is 3.90. The van der Waals surface area contributed by atoms with Crippen LogP contribution in [-0.2, 0) is 11.2 Å². The van der Waals surface area contributed by atoms with Crippen molar-refractivity contribution in [3.63, 3.8) is 0 Å². The van der Waals surface area contributed by atoms with Crippen molar-refractivity contribution in [1.82, 2.24) is 0 Å². The molecule has 0 saturated carbocycles. The summed E-state index contributed by atoms with van der Waals surface area (Å²) in [6, 6.07) is 7.44. The predicted molar refractivity (Wildman–Crippen MR) is 67.9 cm³/mol. The van der Waals surface area contributed by atoms with Gasteiger partial charge in [-0.25, -0.2) is 0 Å². The second kappa shape index (κ2) is 9.22. The van der Waals surface area contributed by atoms with E-state index in [1.807, 2.05) is 12.1 Å². The highest BCUT2D eigenvalue weighted by Gasteiger charge is 1.91. The van der Waals surface area contributed by atoms with Crippen molar-refractivity contribution in [2.24, 2.45) is 0 Å².